The summed E-state index contributed by atoms with van der Waals surface area (Å²) in [4.78, 5) is 26.5. The van der Waals surface area contributed by atoms with E-state index in [9.17, 15) is 14.0 Å². The SMILES string of the molecule is CC(=O)NC(CC(=O)N(Cc1ccc(F)cc1)C1CC1)c1ccc(C)cc1. The van der Waals surface area contributed by atoms with Gasteiger partial charge < -0.3 is 10.2 Å². The van der Waals surface area contributed by atoms with E-state index >= 15 is 0 Å². The second-order valence-electron chi connectivity index (χ2n) is 7.25. The first-order chi connectivity index (χ1) is 12.9. The Kier molecular flexibility index (Phi) is 5.89. The first-order valence-corrected chi connectivity index (χ1v) is 9.30. The van der Waals surface area contributed by atoms with E-state index in [0.29, 0.717) is 6.54 Å². The van der Waals surface area contributed by atoms with Crippen molar-refractivity contribution in [3.05, 3.63) is 71.0 Å². The van der Waals surface area contributed by atoms with Crippen LogP contribution in [0.1, 0.15) is 48.9 Å². The van der Waals surface area contributed by atoms with Crippen molar-refractivity contribution in [3.8, 4) is 0 Å². The van der Waals surface area contributed by atoms with E-state index in [-0.39, 0.29) is 36.1 Å². The lowest BCUT2D eigenvalue weighted by Gasteiger charge is -2.26. The molecule has 27 heavy (non-hydrogen) atoms. The van der Waals surface area contributed by atoms with Crippen LogP contribution in [-0.4, -0.2) is 22.8 Å². The molecule has 3 rings (SSSR count). The summed E-state index contributed by atoms with van der Waals surface area (Å²) < 4.78 is 13.1. The summed E-state index contributed by atoms with van der Waals surface area (Å²) in [5.41, 5.74) is 2.95. The van der Waals surface area contributed by atoms with Crippen molar-refractivity contribution in [1.29, 1.82) is 0 Å². The molecular formula is C22H25FN2O2. The van der Waals surface area contributed by atoms with Gasteiger partial charge in [-0.15, -0.1) is 0 Å². The summed E-state index contributed by atoms with van der Waals surface area (Å²) in [5.74, 6) is -0.445. The lowest BCUT2D eigenvalue weighted by atomic mass is 10.0. The van der Waals surface area contributed by atoms with Gasteiger partial charge in [0.15, 0.2) is 0 Å². The second-order valence-corrected chi connectivity index (χ2v) is 7.25. The molecule has 0 spiro atoms. The van der Waals surface area contributed by atoms with Crippen LogP contribution >= 0.6 is 0 Å². The number of nitrogens with one attached hydrogen (secondary N) is 1. The highest BCUT2D eigenvalue weighted by Gasteiger charge is 2.33. The highest BCUT2D eigenvalue weighted by molar-refractivity contribution is 5.79. The van der Waals surface area contributed by atoms with Crippen LogP contribution in [0.3, 0.4) is 0 Å². The van der Waals surface area contributed by atoms with E-state index in [1.807, 2.05) is 36.1 Å². The quantitative estimate of drug-likeness (QED) is 0.806. The van der Waals surface area contributed by atoms with Crippen LogP contribution in [0.5, 0.6) is 0 Å². The third kappa shape index (κ3) is 5.39. The molecule has 0 aliphatic heterocycles. The van der Waals surface area contributed by atoms with Gasteiger partial charge in [0, 0.05) is 19.5 Å². The first-order valence-electron chi connectivity index (χ1n) is 9.30. The summed E-state index contributed by atoms with van der Waals surface area (Å²) >= 11 is 0. The Morgan fingerprint density at radius 1 is 1.11 bits per heavy atom. The van der Waals surface area contributed by atoms with E-state index < -0.39 is 0 Å². The summed E-state index contributed by atoms with van der Waals surface area (Å²) in [7, 11) is 0. The molecule has 0 heterocycles. The number of nitrogens with zero attached hydrogens (tertiary/aromatic N) is 1. The van der Waals surface area contributed by atoms with Gasteiger partial charge in [0.2, 0.25) is 11.8 Å². The average Bonchev–Trinajstić information content (AvgIpc) is 3.46. The number of hydrogen-bond acceptors (Lipinski definition) is 2. The molecule has 1 unspecified atom stereocenters. The molecular weight excluding hydrogens is 343 g/mol. The second kappa shape index (κ2) is 8.33. The molecule has 5 heteroatoms. The monoisotopic (exact) mass is 368 g/mol. The van der Waals surface area contributed by atoms with Crippen LogP contribution in [-0.2, 0) is 16.1 Å². The molecule has 1 aliphatic carbocycles. The number of carbonyl (C=O) groups excluding carboxylic acids is 2. The highest BCUT2D eigenvalue weighted by Crippen LogP contribution is 2.30. The lowest BCUT2D eigenvalue weighted by molar-refractivity contribution is -0.133. The molecule has 1 fully saturated rings. The van der Waals surface area contributed by atoms with Gasteiger partial charge in [-0.1, -0.05) is 42.0 Å². The maximum absolute atomic E-state index is 13.1. The van der Waals surface area contributed by atoms with Gasteiger partial charge in [0.05, 0.1) is 12.5 Å². The molecule has 2 amide bonds. The van der Waals surface area contributed by atoms with Gasteiger partial charge in [-0.3, -0.25) is 9.59 Å². The van der Waals surface area contributed by atoms with Gasteiger partial charge in [-0.25, -0.2) is 4.39 Å². The van der Waals surface area contributed by atoms with Crippen molar-refractivity contribution < 1.29 is 14.0 Å². The number of halogens is 1. The fourth-order valence-electron chi connectivity index (χ4n) is 3.18. The fourth-order valence-corrected chi connectivity index (χ4v) is 3.18. The predicted molar refractivity (Wildman–Crippen MR) is 102 cm³/mol. The highest BCUT2D eigenvalue weighted by atomic mass is 19.1. The number of hydrogen-bond donors (Lipinski definition) is 1. The lowest BCUT2D eigenvalue weighted by Crippen LogP contribution is -2.36. The smallest absolute Gasteiger partial charge is 0.225 e. The van der Waals surface area contributed by atoms with Gasteiger partial charge in [-0.05, 0) is 43.0 Å². The molecule has 1 atom stereocenters. The molecule has 1 N–H and O–H groups in total. The summed E-state index contributed by atoms with van der Waals surface area (Å²) in [6, 6.07) is 14.0. The van der Waals surface area contributed by atoms with E-state index in [1.54, 1.807) is 12.1 Å². The van der Waals surface area contributed by atoms with Crippen molar-refractivity contribution in [3.63, 3.8) is 0 Å². The maximum Gasteiger partial charge on any atom is 0.225 e. The van der Waals surface area contributed by atoms with Crippen LogP contribution < -0.4 is 5.32 Å². The maximum atomic E-state index is 13.1. The van der Waals surface area contributed by atoms with Crippen LogP contribution in [0, 0.1) is 12.7 Å². The minimum atomic E-state index is -0.356. The number of aryl methyl sites for hydroxylation is 1. The molecule has 1 aliphatic rings. The zero-order valence-electron chi connectivity index (χ0n) is 15.7. The Hall–Kier alpha value is -2.69. The Morgan fingerprint density at radius 2 is 1.74 bits per heavy atom. The summed E-state index contributed by atoms with van der Waals surface area (Å²) in [6.45, 7) is 3.92. The van der Waals surface area contributed by atoms with E-state index in [1.165, 1.54) is 19.1 Å². The molecule has 2 aromatic carbocycles. The number of rotatable bonds is 7. The van der Waals surface area contributed by atoms with E-state index in [0.717, 1.165) is 29.5 Å². The molecule has 4 nitrogen and oxygen atoms in total. The van der Waals surface area contributed by atoms with Crippen molar-refractivity contribution >= 4 is 11.8 Å². The van der Waals surface area contributed by atoms with Crippen molar-refractivity contribution in [1.82, 2.24) is 10.2 Å². The van der Waals surface area contributed by atoms with Crippen LogP contribution in [0.15, 0.2) is 48.5 Å². The molecule has 142 valence electrons. The molecule has 2 aromatic rings. The third-order valence-corrected chi connectivity index (χ3v) is 4.81. The topological polar surface area (TPSA) is 49.4 Å². The molecule has 1 saturated carbocycles. The van der Waals surface area contributed by atoms with Crippen molar-refractivity contribution in [2.24, 2.45) is 0 Å². The Bertz CT molecular complexity index is 798. The predicted octanol–water partition coefficient (Wildman–Crippen LogP) is 3.89. The standard InChI is InChI=1S/C22H25FN2O2/c1-15-3-7-18(8-4-15)21(24-16(2)26)13-22(27)25(20-11-12-20)14-17-5-9-19(23)10-6-17/h3-10,20-21H,11-14H2,1-2H3,(H,24,26). The number of carbonyl (C=O) groups is 2. The third-order valence-electron chi connectivity index (χ3n) is 4.81. The number of benzene rings is 2. The minimum absolute atomic E-state index is 0.00106. The van der Waals surface area contributed by atoms with Gasteiger partial charge in [0.1, 0.15) is 5.82 Å². The molecule has 0 bridgehead atoms. The van der Waals surface area contributed by atoms with Crippen molar-refractivity contribution in [2.75, 3.05) is 0 Å². The molecule has 0 radical (unpaired) electrons. The van der Waals surface area contributed by atoms with E-state index in [2.05, 4.69) is 5.32 Å². The fraction of sp³-hybridized carbons (Fsp3) is 0.364. The first kappa shape index (κ1) is 19.1. The van der Waals surface area contributed by atoms with Crippen molar-refractivity contribution in [2.45, 2.75) is 51.7 Å². The number of amides is 2. The Labute approximate surface area is 159 Å². The zero-order valence-corrected chi connectivity index (χ0v) is 15.7. The van der Waals surface area contributed by atoms with Gasteiger partial charge >= 0.3 is 0 Å². The molecule has 0 saturated heterocycles. The largest absolute Gasteiger partial charge is 0.349 e. The average molecular weight is 368 g/mol. The Balaban J connectivity index is 1.74. The van der Waals surface area contributed by atoms with E-state index in [4.69, 9.17) is 0 Å². The van der Waals surface area contributed by atoms with Gasteiger partial charge in [-0.2, -0.15) is 0 Å². The van der Waals surface area contributed by atoms with Crippen LogP contribution in [0.25, 0.3) is 0 Å². The normalized spacial score (nSPS) is 14.5. The van der Waals surface area contributed by atoms with Crippen LogP contribution in [0.2, 0.25) is 0 Å². The van der Waals surface area contributed by atoms with Crippen LogP contribution in [0.4, 0.5) is 4.39 Å². The zero-order chi connectivity index (χ0) is 19.4. The Morgan fingerprint density at radius 3 is 2.30 bits per heavy atom. The molecule has 0 aromatic heterocycles. The summed E-state index contributed by atoms with van der Waals surface area (Å²) in [6.07, 6.45) is 2.19. The van der Waals surface area contributed by atoms with Gasteiger partial charge in [0.25, 0.3) is 0 Å². The summed E-state index contributed by atoms with van der Waals surface area (Å²) in [5, 5.41) is 2.90. The minimum Gasteiger partial charge on any atom is -0.349 e.